The van der Waals surface area contributed by atoms with Gasteiger partial charge < -0.3 is 5.32 Å². The van der Waals surface area contributed by atoms with Crippen LogP contribution in [0.25, 0.3) is 0 Å². The summed E-state index contributed by atoms with van der Waals surface area (Å²) in [6, 6.07) is 0.795. The molecule has 0 saturated heterocycles. The van der Waals surface area contributed by atoms with Crippen LogP contribution in [-0.4, -0.2) is 6.04 Å². The first-order valence-electron chi connectivity index (χ1n) is 5.64. The Balaban J connectivity index is 1.71. The first-order valence-corrected chi connectivity index (χ1v) is 6.58. The van der Waals surface area contributed by atoms with Crippen molar-refractivity contribution >= 4 is 17.0 Å². The lowest BCUT2D eigenvalue weighted by Gasteiger charge is -2.18. The molecule has 1 aromatic heterocycles. The molecule has 0 bridgehead atoms. The summed E-state index contributed by atoms with van der Waals surface area (Å²) >= 11 is 1.81. The molecule has 2 saturated carbocycles. The molecule has 0 radical (unpaired) electrons. The first kappa shape index (κ1) is 8.78. The maximum Gasteiger partial charge on any atom is 0.0480 e. The number of nitrogens with one attached hydrogen (secondary N) is 1. The van der Waals surface area contributed by atoms with E-state index in [1.807, 2.05) is 11.3 Å². The summed E-state index contributed by atoms with van der Waals surface area (Å²) in [4.78, 5) is 0. The molecular weight excluding hydrogens is 190 g/mol. The molecule has 1 nitrogen and oxygen atoms in total. The minimum absolute atomic E-state index is 0.795. The van der Waals surface area contributed by atoms with Crippen molar-refractivity contribution in [3.8, 4) is 0 Å². The second-order valence-corrected chi connectivity index (χ2v) is 5.56. The van der Waals surface area contributed by atoms with Crippen molar-refractivity contribution in [3.63, 3.8) is 0 Å². The topological polar surface area (TPSA) is 12.0 Å². The zero-order chi connectivity index (χ0) is 9.54. The number of thiophene rings is 1. The van der Waals surface area contributed by atoms with Gasteiger partial charge in [0.2, 0.25) is 0 Å². The van der Waals surface area contributed by atoms with Crippen LogP contribution in [0.2, 0.25) is 0 Å². The molecule has 76 valence electrons. The van der Waals surface area contributed by atoms with E-state index in [-0.39, 0.29) is 0 Å². The van der Waals surface area contributed by atoms with Gasteiger partial charge >= 0.3 is 0 Å². The van der Waals surface area contributed by atoms with Crippen molar-refractivity contribution in [2.75, 3.05) is 5.32 Å². The molecule has 1 N–H and O–H groups in total. The van der Waals surface area contributed by atoms with Gasteiger partial charge in [-0.05, 0) is 55.4 Å². The van der Waals surface area contributed by atoms with Crippen molar-refractivity contribution in [1.29, 1.82) is 0 Å². The number of anilines is 1. The molecule has 14 heavy (non-hydrogen) atoms. The standard InChI is InChI=1S/C12H17NS/c1-8-6-14-7-11(8)13-12(9-2-3-9)10-4-5-10/h6-7,9-10,12-13H,2-5H2,1H3. The Hall–Kier alpha value is -0.500. The predicted octanol–water partition coefficient (Wildman–Crippen LogP) is 3.66. The summed E-state index contributed by atoms with van der Waals surface area (Å²) in [7, 11) is 0. The summed E-state index contributed by atoms with van der Waals surface area (Å²) in [6.07, 6.45) is 5.82. The third kappa shape index (κ3) is 1.68. The van der Waals surface area contributed by atoms with Gasteiger partial charge in [0.25, 0.3) is 0 Å². The van der Waals surface area contributed by atoms with E-state index in [1.54, 1.807) is 0 Å². The monoisotopic (exact) mass is 207 g/mol. The third-order valence-corrected chi connectivity index (χ3v) is 4.30. The minimum Gasteiger partial charge on any atom is -0.381 e. The Kier molecular flexibility index (Phi) is 2.05. The summed E-state index contributed by atoms with van der Waals surface area (Å²) in [6.45, 7) is 2.20. The first-order chi connectivity index (χ1) is 6.84. The number of aryl methyl sites for hydroxylation is 1. The molecule has 0 atom stereocenters. The van der Waals surface area contributed by atoms with E-state index in [9.17, 15) is 0 Å². The quantitative estimate of drug-likeness (QED) is 0.794. The zero-order valence-electron chi connectivity index (χ0n) is 8.62. The summed E-state index contributed by atoms with van der Waals surface area (Å²) in [5, 5.41) is 8.25. The van der Waals surface area contributed by atoms with Gasteiger partial charge in [-0.3, -0.25) is 0 Å². The van der Waals surface area contributed by atoms with E-state index in [0.717, 1.165) is 17.9 Å². The molecule has 0 unspecified atom stereocenters. The lowest BCUT2D eigenvalue weighted by Crippen LogP contribution is -2.24. The van der Waals surface area contributed by atoms with Gasteiger partial charge in [-0.2, -0.15) is 0 Å². The summed E-state index contributed by atoms with van der Waals surface area (Å²) in [5.41, 5.74) is 2.81. The highest BCUT2D eigenvalue weighted by atomic mass is 32.1. The summed E-state index contributed by atoms with van der Waals surface area (Å²) < 4.78 is 0. The molecule has 1 aromatic rings. The molecule has 2 heteroatoms. The number of rotatable bonds is 4. The number of hydrogen-bond donors (Lipinski definition) is 1. The van der Waals surface area contributed by atoms with Crippen molar-refractivity contribution < 1.29 is 0 Å². The molecule has 3 rings (SSSR count). The second kappa shape index (κ2) is 3.27. The molecule has 2 aliphatic rings. The van der Waals surface area contributed by atoms with Gasteiger partial charge in [-0.25, -0.2) is 0 Å². The van der Waals surface area contributed by atoms with Crippen LogP contribution in [0, 0.1) is 18.8 Å². The summed E-state index contributed by atoms with van der Waals surface area (Å²) in [5.74, 6) is 1.98. The van der Waals surface area contributed by atoms with E-state index in [4.69, 9.17) is 0 Å². The van der Waals surface area contributed by atoms with Gasteiger partial charge in [0.15, 0.2) is 0 Å². The lowest BCUT2D eigenvalue weighted by molar-refractivity contribution is 0.568. The van der Waals surface area contributed by atoms with E-state index >= 15 is 0 Å². The SMILES string of the molecule is Cc1cscc1NC(C1CC1)C1CC1. The van der Waals surface area contributed by atoms with Crippen LogP contribution >= 0.6 is 11.3 Å². The molecule has 0 amide bonds. The number of hydrogen-bond acceptors (Lipinski definition) is 2. The van der Waals surface area contributed by atoms with Gasteiger partial charge in [0, 0.05) is 17.1 Å². The average Bonchev–Trinajstić information content (AvgIpc) is 3.05. The molecule has 2 aliphatic carbocycles. The third-order valence-electron chi connectivity index (χ3n) is 3.44. The maximum atomic E-state index is 3.76. The lowest BCUT2D eigenvalue weighted by atomic mass is 10.1. The van der Waals surface area contributed by atoms with Crippen molar-refractivity contribution in [3.05, 3.63) is 16.3 Å². The van der Waals surface area contributed by atoms with Crippen LogP contribution < -0.4 is 5.32 Å². The van der Waals surface area contributed by atoms with Gasteiger partial charge in [0.1, 0.15) is 0 Å². The van der Waals surface area contributed by atoms with Gasteiger partial charge in [0.05, 0.1) is 0 Å². The van der Waals surface area contributed by atoms with E-state index < -0.39 is 0 Å². The van der Waals surface area contributed by atoms with Crippen LogP contribution in [0.5, 0.6) is 0 Å². The fourth-order valence-electron chi connectivity index (χ4n) is 2.22. The fourth-order valence-corrected chi connectivity index (χ4v) is 3.01. The highest BCUT2D eigenvalue weighted by molar-refractivity contribution is 7.08. The molecule has 1 heterocycles. The van der Waals surface area contributed by atoms with Crippen LogP contribution in [0.1, 0.15) is 31.2 Å². The zero-order valence-corrected chi connectivity index (χ0v) is 9.44. The molecule has 0 spiro atoms. The fraction of sp³-hybridized carbons (Fsp3) is 0.667. The van der Waals surface area contributed by atoms with Gasteiger partial charge in [-0.1, -0.05) is 0 Å². The molecular formula is C12H17NS. The Morgan fingerprint density at radius 2 is 1.86 bits per heavy atom. The minimum atomic E-state index is 0.795. The Bertz CT molecular complexity index is 311. The Morgan fingerprint density at radius 1 is 1.21 bits per heavy atom. The predicted molar refractivity (Wildman–Crippen MR) is 61.9 cm³/mol. The highest BCUT2D eigenvalue weighted by Crippen LogP contribution is 2.46. The van der Waals surface area contributed by atoms with Crippen molar-refractivity contribution in [1.82, 2.24) is 0 Å². The van der Waals surface area contributed by atoms with Crippen molar-refractivity contribution in [2.45, 2.75) is 38.6 Å². The normalized spacial score (nSPS) is 21.6. The van der Waals surface area contributed by atoms with Crippen LogP contribution in [-0.2, 0) is 0 Å². The average molecular weight is 207 g/mol. The largest absolute Gasteiger partial charge is 0.381 e. The maximum absolute atomic E-state index is 3.76. The molecule has 0 aliphatic heterocycles. The highest BCUT2D eigenvalue weighted by Gasteiger charge is 2.41. The van der Waals surface area contributed by atoms with Crippen LogP contribution in [0.4, 0.5) is 5.69 Å². The van der Waals surface area contributed by atoms with Gasteiger partial charge in [-0.15, -0.1) is 11.3 Å². The smallest absolute Gasteiger partial charge is 0.0480 e. The van der Waals surface area contributed by atoms with Crippen LogP contribution in [0.3, 0.4) is 0 Å². The second-order valence-electron chi connectivity index (χ2n) is 4.81. The Labute approximate surface area is 89.5 Å². The van der Waals surface area contributed by atoms with E-state index in [0.29, 0.717) is 0 Å². The van der Waals surface area contributed by atoms with Crippen LogP contribution in [0.15, 0.2) is 10.8 Å². The van der Waals surface area contributed by atoms with E-state index in [1.165, 1.54) is 36.9 Å². The Morgan fingerprint density at radius 3 is 2.29 bits per heavy atom. The van der Waals surface area contributed by atoms with Crippen molar-refractivity contribution in [2.24, 2.45) is 11.8 Å². The molecule has 0 aromatic carbocycles. The molecule has 2 fully saturated rings. The van der Waals surface area contributed by atoms with E-state index in [2.05, 4.69) is 23.0 Å².